The largest absolute Gasteiger partial charge is 0.103 e. The van der Waals surface area contributed by atoms with Crippen molar-refractivity contribution in [3.8, 4) is 0 Å². The zero-order valence-electron chi connectivity index (χ0n) is 6.43. The van der Waals surface area contributed by atoms with Crippen LogP contribution >= 0.6 is 0 Å². The predicted octanol–water partition coefficient (Wildman–Crippen LogP) is 2.85. The van der Waals surface area contributed by atoms with E-state index in [1.165, 1.54) is 12.8 Å². The van der Waals surface area contributed by atoms with Gasteiger partial charge in [0.05, 0.1) is 0 Å². The lowest BCUT2D eigenvalue weighted by atomic mass is 9.70. The summed E-state index contributed by atoms with van der Waals surface area (Å²) >= 11 is 0. The Kier molecular flexibility index (Phi) is 1.94. The van der Waals surface area contributed by atoms with E-state index in [9.17, 15) is 0 Å². The summed E-state index contributed by atoms with van der Waals surface area (Å²) in [4.78, 5) is 0. The minimum absolute atomic E-state index is 0.751. The van der Waals surface area contributed by atoms with Crippen LogP contribution in [0.25, 0.3) is 0 Å². The Labute approximate surface area is 58.0 Å². The van der Waals surface area contributed by atoms with E-state index in [-0.39, 0.29) is 0 Å². The molecule has 0 spiro atoms. The highest BCUT2D eigenvalue weighted by atomic mass is 14.3. The first-order valence-electron chi connectivity index (χ1n) is 3.86. The lowest BCUT2D eigenvalue weighted by Crippen LogP contribution is -2.25. The molecule has 1 unspecified atom stereocenters. The molecule has 9 heavy (non-hydrogen) atoms. The van der Waals surface area contributed by atoms with Gasteiger partial charge < -0.3 is 0 Å². The van der Waals surface area contributed by atoms with Gasteiger partial charge in [-0.1, -0.05) is 19.9 Å². The molecule has 0 aromatic carbocycles. The predicted molar refractivity (Wildman–Crippen MR) is 41.2 cm³/mol. The number of allylic oxidation sites excluding steroid dienone is 1. The summed E-state index contributed by atoms with van der Waals surface area (Å²) in [6.07, 6.45) is 4.93. The molecule has 1 atom stereocenters. The van der Waals surface area contributed by atoms with E-state index in [0.717, 1.165) is 17.8 Å². The SMILES string of the molecule is C=CC(C)C1CC(C)C1. The summed E-state index contributed by atoms with van der Waals surface area (Å²) < 4.78 is 0. The molecule has 0 N–H and O–H groups in total. The molecular formula is C9H16. The second-order valence-electron chi connectivity index (χ2n) is 3.43. The number of hydrogen-bond acceptors (Lipinski definition) is 0. The van der Waals surface area contributed by atoms with Crippen molar-refractivity contribution in [2.45, 2.75) is 26.7 Å². The topological polar surface area (TPSA) is 0 Å². The van der Waals surface area contributed by atoms with Crippen LogP contribution in [0.15, 0.2) is 12.7 Å². The molecule has 0 aromatic heterocycles. The molecule has 0 saturated heterocycles. The van der Waals surface area contributed by atoms with Gasteiger partial charge in [-0.3, -0.25) is 0 Å². The summed E-state index contributed by atoms with van der Waals surface area (Å²) in [5.74, 6) is 2.69. The third kappa shape index (κ3) is 1.35. The van der Waals surface area contributed by atoms with Crippen molar-refractivity contribution >= 4 is 0 Å². The van der Waals surface area contributed by atoms with Gasteiger partial charge in [-0.2, -0.15) is 0 Å². The molecule has 0 aromatic rings. The quantitative estimate of drug-likeness (QED) is 0.496. The van der Waals surface area contributed by atoms with Crippen LogP contribution < -0.4 is 0 Å². The van der Waals surface area contributed by atoms with E-state index in [2.05, 4.69) is 26.5 Å². The Bertz CT molecular complexity index is 98.6. The fourth-order valence-corrected chi connectivity index (χ4v) is 1.59. The van der Waals surface area contributed by atoms with Gasteiger partial charge >= 0.3 is 0 Å². The van der Waals surface area contributed by atoms with Crippen molar-refractivity contribution in [3.05, 3.63) is 12.7 Å². The first-order valence-corrected chi connectivity index (χ1v) is 3.86. The van der Waals surface area contributed by atoms with Crippen LogP contribution in [0.4, 0.5) is 0 Å². The van der Waals surface area contributed by atoms with Crippen molar-refractivity contribution in [1.82, 2.24) is 0 Å². The Morgan fingerprint density at radius 1 is 1.56 bits per heavy atom. The molecular weight excluding hydrogens is 108 g/mol. The van der Waals surface area contributed by atoms with Crippen LogP contribution in [0, 0.1) is 17.8 Å². The third-order valence-electron chi connectivity index (χ3n) is 2.53. The molecule has 1 aliphatic carbocycles. The summed E-state index contributed by atoms with van der Waals surface area (Å²) in [7, 11) is 0. The molecule has 1 aliphatic rings. The molecule has 1 fully saturated rings. The molecule has 0 bridgehead atoms. The van der Waals surface area contributed by atoms with E-state index < -0.39 is 0 Å². The van der Waals surface area contributed by atoms with Crippen molar-refractivity contribution in [2.75, 3.05) is 0 Å². The van der Waals surface area contributed by atoms with Gasteiger partial charge in [0.2, 0.25) is 0 Å². The van der Waals surface area contributed by atoms with E-state index in [4.69, 9.17) is 0 Å². The second-order valence-corrected chi connectivity index (χ2v) is 3.43. The van der Waals surface area contributed by atoms with Gasteiger partial charge in [0.15, 0.2) is 0 Å². The monoisotopic (exact) mass is 124 g/mol. The van der Waals surface area contributed by atoms with E-state index in [1.807, 2.05) is 0 Å². The molecule has 0 amide bonds. The molecule has 52 valence electrons. The minimum Gasteiger partial charge on any atom is -0.103 e. The van der Waals surface area contributed by atoms with Crippen molar-refractivity contribution in [2.24, 2.45) is 17.8 Å². The standard InChI is InChI=1S/C9H16/c1-4-8(3)9-5-7(2)6-9/h4,7-9H,1,5-6H2,2-3H3. The lowest BCUT2D eigenvalue weighted by molar-refractivity contribution is 0.170. The van der Waals surface area contributed by atoms with Gasteiger partial charge in [0.25, 0.3) is 0 Å². The molecule has 0 nitrogen and oxygen atoms in total. The van der Waals surface area contributed by atoms with E-state index >= 15 is 0 Å². The fourth-order valence-electron chi connectivity index (χ4n) is 1.59. The van der Waals surface area contributed by atoms with Gasteiger partial charge in [-0.15, -0.1) is 6.58 Å². The summed E-state index contributed by atoms with van der Waals surface area (Å²) in [5, 5.41) is 0. The highest BCUT2D eigenvalue weighted by Gasteiger charge is 2.27. The van der Waals surface area contributed by atoms with Crippen molar-refractivity contribution in [1.29, 1.82) is 0 Å². The van der Waals surface area contributed by atoms with Crippen LogP contribution in [0.2, 0.25) is 0 Å². The second kappa shape index (κ2) is 2.55. The Morgan fingerprint density at radius 3 is 2.44 bits per heavy atom. The zero-order valence-corrected chi connectivity index (χ0v) is 6.43. The number of rotatable bonds is 2. The Balaban J connectivity index is 2.23. The van der Waals surface area contributed by atoms with Crippen LogP contribution in [0.3, 0.4) is 0 Å². The maximum Gasteiger partial charge on any atom is -0.0236 e. The molecule has 0 aliphatic heterocycles. The molecule has 1 rings (SSSR count). The highest BCUT2D eigenvalue weighted by molar-refractivity contribution is 4.88. The van der Waals surface area contributed by atoms with Crippen LogP contribution in [-0.4, -0.2) is 0 Å². The average Bonchev–Trinajstić information content (AvgIpc) is 1.79. The Hall–Kier alpha value is -0.260. The molecule has 0 heteroatoms. The first kappa shape index (κ1) is 6.85. The molecule has 0 heterocycles. The van der Waals surface area contributed by atoms with Gasteiger partial charge in [0, 0.05) is 0 Å². The zero-order chi connectivity index (χ0) is 6.85. The number of hydrogen-bond donors (Lipinski definition) is 0. The van der Waals surface area contributed by atoms with E-state index in [0.29, 0.717) is 0 Å². The minimum atomic E-state index is 0.751. The summed E-state index contributed by atoms with van der Waals surface area (Å²) in [6, 6.07) is 0. The maximum absolute atomic E-state index is 3.79. The first-order chi connectivity index (χ1) is 4.24. The van der Waals surface area contributed by atoms with Gasteiger partial charge in [0.1, 0.15) is 0 Å². The van der Waals surface area contributed by atoms with Crippen molar-refractivity contribution in [3.63, 3.8) is 0 Å². The highest BCUT2D eigenvalue weighted by Crippen LogP contribution is 2.38. The normalized spacial score (nSPS) is 37.1. The maximum atomic E-state index is 3.79. The van der Waals surface area contributed by atoms with Crippen LogP contribution in [0.5, 0.6) is 0 Å². The molecule has 1 saturated carbocycles. The summed E-state index contributed by atoms with van der Waals surface area (Å²) in [5.41, 5.74) is 0. The van der Waals surface area contributed by atoms with Gasteiger partial charge in [-0.25, -0.2) is 0 Å². The lowest BCUT2D eigenvalue weighted by Gasteiger charge is -2.35. The third-order valence-corrected chi connectivity index (χ3v) is 2.53. The average molecular weight is 124 g/mol. The smallest absolute Gasteiger partial charge is 0.0236 e. The summed E-state index contributed by atoms with van der Waals surface area (Å²) in [6.45, 7) is 8.38. The molecule has 0 radical (unpaired) electrons. The van der Waals surface area contributed by atoms with Crippen molar-refractivity contribution < 1.29 is 0 Å². The fraction of sp³-hybridized carbons (Fsp3) is 0.778. The van der Waals surface area contributed by atoms with Crippen LogP contribution in [0.1, 0.15) is 26.7 Å². The van der Waals surface area contributed by atoms with Gasteiger partial charge in [-0.05, 0) is 30.6 Å². The Morgan fingerprint density at radius 2 is 2.11 bits per heavy atom. The van der Waals surface area contributed by atoms with Crippen LogP contribution in [-0.2, 0) is 0 Å². The van der Waals surface area contributed by atoms with E-state index in [1.54, 1.807) is 0 Å².